The summed E-state index contributed by atoms with van der Waals surface area (Å²) in [6, 6.07) is 8.56. The van der Waals surface area contributed by atoms with Gasteiger partial charge < -0.3 is 10.5 Å². The normalized spacial score (nSPS) is 18.2. The minimum Gasteiger partial charge on any atom is -0.497 e. The predicted octanol–water partition coefficient (Wildman–Crippen LogP) is 3.30. The molecular formula is C14H21NOS. The summed E-state index contributed by atoms with van der Waals surface area (Å²) < 4.78 is 5.14. The average molecular weight is 251 g/mol. The van der Waals surface area contributed by atoms with Gasteiger partial charge in [0, 0.05) is 16.7 Å². The van der Waals surface area contributed by atoms with Crippen molar-refractivity contribution in [2.45, 2.75) is 36.6 Å². The Balaban J connectivity index is 1.80. The van der Waals surface area contributed by atoms with Crippen molar-refractivity contribution >= 4 is 11.8 Å². The third kappa shape index (κ3) is 3.65. The first-order chi connectivity index (χ1) is 8.29. The van der Waals surface area contributed by atoms with Crippen LogP contribution in [0.4, 0.5) is 0 Å². The molecule has 1 aromatic carbocycles. The largest absolute Gasteiger partial charge is 0.497 e. The molecule has 0 spiro atoms. The third-order valence-electron chi connectivity index (χ3n) is 3.51. The Labute approximate surface area is 108 Å². The maximum absolute atomic E-state index is 6.24. The van der Waals surface area contributed by atoms with Gasteiger partial charge in [0.05, 0.1) is 7.11 Å². The molecule has 0 heterocycles. The van der Waals surface area contributed by atoms with E-state index in [1.165, 1.54) is 30.6 Å². The molecule has 1 saturated carbocycles. The van der Waals surface area contributed by atoms with Crippen molar-refractivity contribution < 1.29 is 4.74 Å². The lowest BCUT2D eigenvalue weighted by Gasteiger charge is -2.18. The molecular weight excluding hydrogens is 230 g/mol. The van der Waals surface area contributed by atoms with Gasteiger partial charge >= 0.3 is 0 Å². The fourth-order valence-corrected chi connectivity index (χ4v) is 3.37. The van der Waals surface area contributed by atoms with Gasteiger partial charge in [-0.3, -0.25) is 0 Å². The first kappa shape index (κ1) is 12.8. The number of hydrogen-bond acceptors (Lipinski definition) is 3. The van der Waals surface area contributed by atoms with E-state index in [0.717, 1.165) is 17.4 Å². The van der Waals surface area contributed by atoms with Crippen LogP contribution in [0.2, 0.25) is 0 Å². The van der Waals surface area contributed by atoms with Gasteiger partial charge in [0.1, 0.15) is 5.75 Å². The average Bonchev–Trinajstić information content (AvgIpc) is 2.90. The van der Waals surface area contributed by atoms with Crippen molar-refractivity contribution in [3.63, 3.8) is 0 Å². The number of ether oxygens (including phenoxy) is 1. The lowest BCUT2D eigenvalue weighted by molar-refractivity contribution is 0.414. The van der Waals surface area contributed by atoms with Crippen LogP contribution < -0.4 is 10.5 Å². The van der Waals surface area contributed by atoms with Gasteiger partial charge in [-0.2, -0.15) is 0 Å². The fourth-order valence-electron chi connectivity index (χ4n) is 2.39. The van der Waals surface area contributed by atoms with Crippen molar-refractivity contribution in [2.24, 2.45) is 11.7 Å². The monoisotopic (exact) mass is 251 g/mol. The molecule has 0 saturated heterocycles. The molecule has 1 aromatic rings. The smallest absolute Gasteiger partial charge is 0.118 e. The van der Waals surface area contributed by atoms with Gasteiger partial charge in [-0.05, 0) is 43.0 Å². The maximum atomic E-state index is 6.24. The highest BCUT2D eigenvalue weighted by molar-refractivity contribution is 7.99. The number of thioether (sulfide) groups is 1. The van der Waals surface area contributed by atoms with Gasteiger partial charge in [0.25, 0.3) is 0 Å². The molecule has 0 radical (unpaired) electrons. The van der Waals surface area contributed by atoms with Gasteiger partial charge in [-0.1, -0.05) is 12.8 Å². The summed E-state index contributed by atoms with van der Waals surface area (Å²) in [4.78, 5) is 1.28. The SMILES string of the molecule is COc1ccc(SCC(N)C2CCCC2)cc1. The van der Waals surface area contributed by atoms with E-state index in [9.17, 15) is 0 Å². The zero-order chi connectivity index (χ0) is 12.1. The Morgan fingerprint density at radius 3 is 2.53 bits per heavy atom. The summed E-state index contributed by atoms with van der Waals surface area (Å²) in [6.07, 6.45) is 5.38. The second-order valence-electron chi connectivity index (χ2n) is 4.69. The molecule has 94 valence electrons. The maximum Gasteiger partial charge on any atom is 0.118 e. The molecule has 3 heteroatoms. The van der Waals surface area contributed by atoms with Crippen LogP contribution in [0.3, 0.4) is 0 Å². The Kier molecular flexibility index (Phi) is 4.75. The van der Waals surface area contributed by atoms with Crippen molar-refractivity contribution in [3.8, 4) is 5.75 Å². The van der Waals surface area contributed by atoms with Crippen LogP contribution in [-0.2, 0) is 0 Å². The summed E-state index contributed by atoms with van der Waals surface area (Å²) in [5.74, 6) is 2.69. The van der Waals surface area contributed by atoms with E-state index in [4.69, 9.17) is 10.5 Å². The topological polar surface area (TPSA) is 35.2 Å². The predicted molar refractivity (Wildman–Crippen MR) is 73.7 cm³/mol. The van der Waals surface area contributed by atoms with E-state index >= 15 is 0 Å². The van der Waals surface area contributed by atoms with Gasteiger partial charge in [-0.25, -0.2) is 0 Å². The molecule has 1 aliphatic carbocycles. The Bertz CT molecular complexity index is 333. The summed E-state index contributed by atoms with van der Waals surface area (Å²) in [7, 11) is 1.69. The molecule has 1 fully saturated rings. The Hall–Kier alpha value is -0.670. The van der Waals surface area contributed by atoms with Crippen molar-refractivity contribution in [2.75, 3.05) is 12.9 Å². The third-order valence-corrected chi connectivity index (χ3v) is 4.66. The van der Waals surface area contributed by atoms with E-state index in [1.807, 2.05) is 23.9 Å². The number of nitrogens with two attached hydrogens (primary N) is 1. The molecule has 17 heavy (non-hydrogen) atoms. The number of benzene rings is 1. The number of methoxy groups -OCH3 is 1. The first-order valence-corrected chi connectivity index (χ1v) is 7.30. The highest BCUT2D eigenvalue weighted by atomic mass is 32.2. The lowest BCUT2D eigenvalue weighted by atomic mass is 10.0. The highest BCUT2D eigenvalue weighted by Gasteiger charge is 2.21. The molecule has 1 unspecified atom stereocenters. The highest BCUT2D eigenvalue weighted by Crippen LogP contribution is 2.30. The van der Waals surface area contributed by atoms with Crippen molar-refractivity contribution in [1.82, 2.24) is 0 Å². The zero-order valence-electron chi connectivity index (χ0n) is 10.4. The van der Waals surface area contributed by atoms with Crippen molar-refractivity contribution in [3.05, 3.63) is 24.3 Å². The number of hydrogen-bond donors (Lipinski definition) is 1. The molecule has 0 amide bonds. The van der Waals surface area contributed by atoms with Crippen LogP contribution in [0.15, 0.2) is 29.2 Å². The quantitative estimate of drug-likeness (QED) is 0.815. The van der Waals surface area contributed by atoms with Crippen LogP contribution >= 0.6 is 11.8 Å². The van der Waals surface area contributed by atoms with Crippen LogP contribution in [0, 0.1) is 5.92 Å². The summed E-state index contributed by atoms with van der Waals surface area (Å²) in [6.45, 7) is 0. The summed E-state index contributed by atoms with van der Waals surface area (Å²) in [5, 5.41) is 0. The van der Waals surface area contributed by atoms with Crippen molar-refractivity contribution in [1.29, 1.82) is 0 Å². The van der Waals surface area contributed by atoms with Crippen LogP contribution in [-0.4, -0.2) is 18.9 Å². The Morgan fingerprint density at radius 2 is 1.94 bits per heavy atom. The van der Waals surface area contributed by atoms with Gasteiger partial charge in [-0.15, -0.1) is 11.8 Å². The van der Waals surface area contributed by atoms with Crippen LogP contribution in [0.1, 0.15) is 25.7 Å². The van der Waals surface area contributed by atoms with E-state index in [1.54, 1.807) is 7.11 Å². The van der Waals surface area contributed by atoms with E-state index in [0.29, 0.717) is 6.04 Å². The molecule has 0 aliphatic heterocycles. The van der Waals surface area contributed by atoms with Gasteiger partial charge in [0.2, 0.25) is 0 Å². The summed E-state index contributed by atoms with van der Waals surface area (Å²) >= 11 is 1.85. The Morgan fingerprint density at radius 1 is 1.29 bits per heavy atom. The van der Waals surface area contributed by atoms with E-state index in [2.05, 4.69) is 12.1 Å². The van der Waals surface area contributed by atoms with Crippen LogP contribution in [0.5, 0.6) is 5.75 Å². The van der Waals surface area contributed by atoms with Crippen LogP contribution in [0.25, 0.3) is 0 Å². The molecule has 2 rings (SSSR count). The molecule has 2 nitrogen and oxygen atoms in total. The minimum absolute atomic E-state index is 0.351. The molecule has 1 atom stereocenters. The van der Waals surface area contributed by atoms with Gasteiger partial charge in [0.15, 0.2) is 0 Å². The second kappa shape index (κ2) is 6.31. The second-order valence-corrected chi connectivity index (χ2v) is 5.79. The number of rotatable bonds is 5. The molecule has 0 bridgehead atoms. The molecule has 1 aliphatic rings. The standard InChI is InChI=1S/C14H21NOS/c1-16-12-6-8-13(9-7-12)17-10-14(15)11-4-2-3-5-11/h6-9,11,14H,2-5,10,15H2,1H3. The molecule has 2 N–H and O–H groups in total. The van der Waals surface area contributed by atoms with E-state index in [-0.39, 0.29) is 0 Å². The zero-order valence-corrected chi connectivity index (χ0v) is 11.2. The fraction of sp³-hybridized carbons (Fsp3) is 0.571. The first-order valence-electron chi connectivity index (χ1n) is 6.32. The minimum atomic E-state index is 0.351. The summed E-state index contributed by atoms with van der Waals surface area (Å²) in [5.41, 5.74) is 6.24. The van der Waals surface area contributed by atoms with E-state index < -0.39 is 0 Å². The molecule has 0 aromatic heterocycles. The lowest BCUT2D eigenvalue weighted by Crippen LogP contribution is -2.30.